The maximum Gasteiger partial charge on any atom is 0.0651 e. The molecule has 0 amide bonds. The van der Waals surface area contributed by atoms with Crippen molar-refractivity contribution in [3.05, 3.63) is 12.2 Å². The van der Waals surface area contributed by atoms with Gasteiger partial charge in [0.05, 0.1) is 11.2 Å². The SMILES string of the molecule is C=C(CCC(C)C)[C@H]1CC[C@@](C)(O)[C@H]2CC[C@](C)(O)[C@H]2C1. The molecular weight excluding hydrogens is 260 g/mol. The van der Waals surface area contributed by atoms with Crippen LogP contribution in [-0.4, -0.2) is 21.4 Å². The van der Waals surface area contributed by atoms with Crippen LogP contribution in [-0.2, 0) is 0 Å². The molecule has 122 valence electrons. The minimum absolute atomic E-state index is 0.218. The molecule has 0 heterocycles. The zero-order valence-corrected chi connectivity index (χ0v) is 14.4. The van der Waals surface area contributed by atoms with E-state index < -0.39 is 11.2 Å². The molecule has 2 heteroatoms. The first kappa shape index (κ1) is 17.0. The van der Waals surface area contributed by atoms with Crippen molar-refractivity contribution in [2.75, 3.05) is 0 Å². The van der Waals surface area contributed by atoms with Gasteiger partial charge in [0.15, 0.2) is 0 Å². The average molecular weight is 294 g/mol. The Hall–Kier alpha value is -0.340. The number of hydrogen-bond donors (Lipinski definition) is 2. The first-order valence-corrected chi connectivity index (χ1v) is 8.76. The molecule has 21 heavy (non-hydrogen) atoms. The highest BCUT2D eigenvalue weighted by atomic mass is 16.3. The predicted molar refractivity (Wildman–Crippen MR) is 88.0 cm³/mol. The summed E-state index contributed by atoms with van der Waals surface area (Å²) in [4.78, 5) is 0. The lowest BCUT2D eigenvalue weighted by Crippen LogP contribution is -2.40. The Morgan fingerprint density at radius 1 is 1.10 bits per heavy atom. The van der Waals surface area contributed by atoms with Gasteiger partial charge in [-0.25, -0.2) is 0 Å². The molecule has 0 spiro atoms. The van der Waals surface area contributed by atoms with E-state index in [1.165, 1.54) is 12.0 Å². The standard InChI is InChI=1S/C19H34O2/c1-13(2)6-7-14(3)15-8-10-18(4,20)16-9-11-19(5,21)17(16)12-15/h13,15-17,20-21H,3,6-12H2,1-2,4-5H3/t15-,16-,17-,18+,19-/m0/s1. The molecule has 2 fully saturated rings. The van der Waals surface area contributed by atoms with Gasteiger partial charge >= 0.3 is 0 Å². The second kappa shape index (κ2) is 6.04. The lowest BCUT2D eigenvalue weighted by atomic mass is 9.75. The predicted octanol–water partition coefficient (Wildman–Crippen LogP) is 4.31. The number of hydrogen-bond acceptors (Lipinski definition) is 2. The molecule has 0 aromatic rings. The summed E-state index contributed by atoms with van der Waals surface area (Å²) < 4.78 is 0. The fourth-order valence-electron chi connectivity index (χ4n) is 4.56. The van der Waals surface area contributed by atoms with Gasteiger partial charge in [-0.1, -0.05) is 26.0 Å². The average Bonchev–Trinajstić information content (AvgIpc) is 2.58. The van der Waals surface area contributed by atoms with E-state index in [-0.39, 0.29) is 11.8 Å². The van der Waals surface area contributed by atoms with E-state index in [0.29, 0.717) is 11.8 Å². The fourth-order valence-corrected chi connectivity index (χ4v) is 4.56. The molecule has 0 aliphatic heterocycles. The van der Waals surface area contributed by atoms with Gasteiger partial charge in [-0.3, -0.25) is 0 Å². The van der Waals surface area contributed by atoms with Crippen LogP contribution < -0.4 is 0 Å². The summed E-state index contributed by atoms with van der Waals surface area (Å²) >= 11 is 0. The van der Waals surface area contributed by atoms with Crippen molar-refractivity contribution in [1.82, 2.24) is 0 Å². The maximum atomic E-state index is 10.8. The quantitative estimate of drug-likeness (QED) is 0.759. The van der Waals surface area contributed by atoms with Crippen LogP contribution in [0.25, 0.3) is 0 Å². The van der Waals surface area contributed by atoms with Crippen molar-refractivity contribution in [1.29, 1.82) is 0 Å². The monoisotopic (exact) mass is 294 g/mol. The molecular formula is C19H34O2. The van der Waals surface area contributed by atoms with E-state index in [2.05, 4.69) is 20.4 Å². The fraction of sp³-hybridized carbons (Fsp3) is 0.895. The molecule has 0 aromatic carbocycles. The Labute approximate surface area is 130 Å². The summed E-state index contributed by atoms with van der Waals surface area (Å²) in [5, 5.41) is 21.6. The topological polar surface area (TPSA) is 40.5 Å². The van der Waals surface area contributed by atoms with Crippen molar-refractivity contribution in [2.45, 2.75) is 83.8 Å². The molecule has 2 aliphatic carbocycles. The lowest BCUT2D eigenvalue weighted by molar-refractivity contribution is -0.0539. The van der Waals surface area contributed by atoms with Gasteiger partial charge in [-0.15, -0.1) is 0 Å². The molecule has 0 bridgehead atoms. The van der Waals surface area contributed by atoms with Crippen molar-refractivity contribution in [3.63, 3.8) is 0 Å². The largest absolute Gasteiger partial charge is 0.390 e. The molecule has 2 rings (SSSR count). The number of aliphatic hydroxyl groups is 2. The molecule has 0 unspecified atom stereocenters. The highest BCUT2D eigenvalue weighted by Crippen LogP contribution is 2.53. The first-order valence-electron chi connectivity index (χ1n) is 8.76. The Balaban J connectivity index is 2.11. The van der Waals surface area contributed by atoms with Crippen LogP contribution in [0.1, 0.15) is 72.6 Å². The van der Waals surface area contributed by atoms with Crippen molar-refractivity contribution in [2.24, 2.45) is 23.7 Å². The third-order valence-corrected chi connectivity index (χ3v) is 6.20. The van der Waals surface area contributed by atoms with Crippen LogP contribution in [0.3, 0.4) is 0 Å². The Morgan fingerprint density at radius 3 is 2.29 bits per heavy atom. The van der Waals surface area contributed by atoms with E-state index in [9.17, 15) is 10.2 Å². The lowest BCUT2D eigenvalue weighted by Gasteiger charge is -2.35. The number of fused-ring (bicyclic) bond motifs is 1. The smallest absolute Gasteiger partial charge is 0.0651 e. The molecule has 5 atom stereocenters. The minimum atomic E-state index is -0.627. The number of allylic oxidation sites excluding steroid dienone is 1. The van der Waals surface area contributed by atoms with Crippen LogP contribution in [0.5, 0.6) is 0 Å². The summed E-state index contributed by atoms with van der Waals surface area (Å²) in [7, 11) is 0. The van der Waals surface area contributed by atoms with E-state index in [1.54, 1.807) is 0 Å². The zero-order valence-electron chi connectivity index (χ0n) is 14.4. The van der Waals surface area contributed by atoms with Crippen molar-refractivity contribution in [3.8, 4) is 0 Å². The van der Waals surface area contributed by atoms with Gasteiger partial charge in [0.25, 0.3) is 0 Å². The van der Waals surface area contributed by atoms with Crippen LogP contribution in [0, 0.1) is 23.7 Å². The Kier molecular flexibility index (Phi) is 4.90. The third kappa shape index (κ3) is 3.71. The summed E-state index contributed by atoms with van der Waals surface area (Å²) in [6.07, 6.45) is 6.92. The van der Waals surface area contributed by atoms with Crippen LogP contribution >= 0.6 is 0 Å². The third-order valence-electron chi connectivity index (χ3n) is 6.20. The van der Waals surface area contributed by atoms with Gasteiger partial charge in [0.1, 0.15) is 0 Å². The van der Waals surface area contributed by atoms with Crippen LogP contribution in [0.2, 0.25) is 0 Å². The number of rotatable bonds is 4. The van der Waals surface area contributed by atoms with E-state index >= 15 is 0 Å². The van der Waals surface area contributed by atoms with Gasteiger partial charge in [-0.05, 0) is 82.5 Å². The van der Waals surface area contributed by atoms with E-state index in [1.807, 2.05) is 13.8 Å². The molecule has 0 radical (unpaired) electrons. The van der Waals surface area contributed by atoms with E-state index in [4.69, 9.17) is 0 Å². The van der Waals surface area contributed by atoms with Crippen LogP contribution in [0.15, 0.2) is 12.2 Å². The second-order valence-corrected chi connectivity index (χ2v) is 8.53. The van der Waals surface area contributed by atoms with Crippen LogP contribution in [0.4, 0.5) is 0 Å². The molecule has 2 aliphatic rings. The normalized spacial score (nSPS) is 43.7. The Bertz CT molecular complexity index is 381. The summed E-state index contributed by atoms with van der Waals surface area (Å²) in [5.74, 6) is 1.64. The first-order chi connectivity index (χ1) is 9.63. The van der Waals surface area contributed by atoms with Gasteiger partial charge < -0.3 is 10.2 Å². The molecule has 2 nitrogen and oxygen atoms in total. The van der Waals surface area contributed by atoms with Gasteiger partial charge in [-0.2, -0.15) is 0 Å². The van der Waals surface area contributed by atoms with Crippen molar-refractivity contribution >= 4 is 0 Å². The summed E-state index contributed by atoms with van der Waals surface area (Å²) in [6.45, 7) is 12.8. The molecule has 0 saturated heterocycles. The van der Waals surface area contributed by atoms with Gasteiger partial charge in [0.2, 0.25) is 0 Å². The van der Waals surface area contributed by atoms with E-state index in [0.717, 1.165) is 38.5 Å². The summed E-state index contributed by atoms with van der Waals surface area (Å²) in [6, 6.07) is 0. The second-order valence-electron chi connectivity index (χ2n) is 8.53. The van der Waals surface area contributed by atoms with Gasteiger partial charge in [0, 0.05) is 0 Å². The molecule has 0 aromatic heterocycles. The maximum absolute atomic E-state index is 10.8. The molecule has 2 N–H and O–H groups in total. The minimum Gasteiger partial charge on any atom is -0.390 e. The van der Waals surface area contributed by atoms with Crippen molar-refractivity contribution < 1.29 is 10.2 Å². The highest BCUT2D eigenvalue weighted by Gasteiger charge is 2.52. The Morgan fingerprint density at radius 2 is 1.67 bits per heavy atom. The molecule has 2 saturated carbocycles. The zero-order chi connectivity index (χ0) is 15.8. The highest BCUT2D eigenvalue weighted by molar-refractivity contribution is 5.09. The summed E-state index contributed by atoms with van der Waals surface area (Å²) in [5.41, 5.74) is 0.0937.